The lowest BCUT2D eigenvalue weighted by atomic mass is 9.99. The number of carbonyl (C=O) groups is 1. The smallest absolute Gasteiger partial charge is 0.407 e. The number of alkyl carbamates (subject to hydrolysis) is 1. The first-order valence-electron chi connectivity index (χ1n) is 6.91. The number of aromatic nitrogens is 1. The van der Waals surface area contributed by atoms with Crippen LogP contribution in [0.25, 0.3) is 0 Å². The maximum Gasteiger partial charge on any atom is 0.407 e. The van der Waals surface area contributed by atoms with E-state index in [1.165, 1.54) is 7.05 Å². The van der Waals surface area contributed by atoms with Gasteiger partial charge in [0.2, 0.25) is 0 Å². The Hall–Kier alpha value is -2.02. The number of carbonyl (C=O) groups excluding carboxylic acids is 1. The van der Waals surface area contributed by atoms with E-state index in [9.17, 15) is 4.79 Å². The predicted octanol–water partition coefficient (Wildman–Crippen LogP) is 1.00. The monoisotopic (exact) mass is 294 g/mol. The zero-order chi connectivity index (χ0) is 15.5. The van der Waals surface area contributed by atoms with Crippen molar-refractivity contribution >= 4 is 17.6 Å². The first kappa shape index (κ1) is 15.4. The van der Waals surface area contributed by atoms with Gasteiger partial charge in [0, 0.05) is 20.1 Å². The summed E-state index contributed by atoms with van der Waals surface area (Å²) >= 11 is 0. The van der Waals surface area contributed by atoms with E-state index in [0.717, 1.165) is 12.2 Å². The minimum Gasteiger partial charge on any atom is -0.441 e. The number of nitrogens with one attached hydrogen (secondary N) is 1. The van der Waals surface area contributed by atoms with E-state index >= 15 is 0 Å². The number of rotatable bonds is 3. The molecule has 7 heteroatoms. The van der Waals surface area contributed by atoms with E-state index in [0.29, 0.717) is 19.0 Å². The van der Waals surface area contributed by atoms with Crippen LogP contribution in [0.1, 0.15) is 13.8 Å². The second kappa shape index (κ2) is 6.17. The Balaban J connectivity index is 2.06. The van der Waals surface area contributed by atoms with Crippen LogP contribution in [0, 0.1) is 0 Å². The molecule has 7 nitrogen and oxygen atoms in total. The van der Waals surface area contributed by atoms with Crippen LogP contribution < -0.4 is 16.0 Å². The average molecular weight is 294 g/mol. The number of amides is 1. The summed E-state index contributed by atoms with van der Waals surface area (Å²) in [7, 11) is 1.53. The minimum absolute atomic E-state index is 0.221. The molecule has 0 bridgehead atoms. The van der Waals surface area contributed by atoms with Crippen LogP contribution in [-0.4, -0.2) is 49.5 Å². The van der Waals surface area contributed by atoms with E-state index < -0.39 is 11.7 Å². The zero-order valence-corrected chi connectivity index (χ0v) is 12.6. The molecule has 1 saturated heterocycles. The number of pyridine rings is 1. The maximum absolute atomic E-state index is 11.4. The quantitative estimate of drug-likeness (QED) is 0.864. The van der Waals surface area contributed by atoms with Gasteiger partial charge in [-0.2, -0.15) is 0 Å². The fourth-order valence-electron chi connectivity index (χ4n) is 2.24. The van der Waals surface area contributed by atoms with E-state index in [4.69, 9.17) is 15.2 Å². The topological polar surface area (TPSA) is 89.7 Å². The van der Waals surface area contributed by atoms with Crippen molar-refractivity contribution in [3.8, 4) is 0 Å². The van der Waals surface area contributed by atoms with Gasteiger partial charge in [0.25, 0.3) is 0 Å². The number of nitrogens with zero attached hydrogens (tertiary/aromatic N) is 2. The highest BCUT2D eigenvalue weighted by molar-refractivity contribution is 5.67. The molecule has 1 fully saturated rings. The molecule has 1 aliphatic rings. The highest BCUT2D eigenvalue weighted by atomic mass is 16.6. The Labute approximate surface area is 124 Å². The normalized spacial score (nSPS) is 19.2. The third-order valence-corrected chi connectivity index (χ3v) is 3.54. The summed E-state index contributed by atoms with van der Waals surface area (Å²) in [5, 5.41) is 2.46. The molecule has 1 unspecified atom stereocenters. The van der Waals surface area contributed by atoms with E-state index in [-0.39, 0.29) is 6.10 Å². The summed E-state index contributed by atoms with van der Waals surface area (Å²) < 4.78 is 11.2. The lowest BCUT2D eigenvalue weighted by molar-refractivity contribution is -0.0968. The molecule has 1 aromatic heterocycles. The van der Waals surface area contributed by atoms with Crippen LogP contribution >= 0.6 is 0 Å². The van der Waals surface area contributed by atoms with Crippen LogP contribution in [0.15, 0.2) is 18.3 Å². The van der Waals surface area contributed by atoms with Gasteiger partial charge < -0.3 is 25.4 Å². The van der Waals surface area contributed by atoms with E-state index in [1.54, 1.807) is 12.3 Å². The second-order valence-electron chi connectivity index (χ2n) is 5.49. The first-order valence-corrected chi connectivity index (χ1v) is 6.91. The van der Waals surface area contributed by atoms with Crippen LogP contribution in [-0.2, 0) is 9.47 Å². The van der Waals surface area contributed by atoms with Crippen molar-refractivity contribution in [3.05, 3.63) is 18.3 Å². The van der Waals surface area contributed by atoms with Gasteiger partial charge in [0.15, 0.2) is 0 Å². The highest BCUT2D eigenvalue weighted by Crippen LogP contribution is 2.25. The predicted molar refractivity (Wildman–Crippen MR) is 80.2 cm³/mol. The number of ether oxygens (including phenoxy) is 2. The molecule has 3 N–H and O–H groups in total. The van der Waals surface area contributed by atoms with Crippen molar-refractivity contribution in [2.45, 2.75) is 25.6 Å². The largest absolute Gasteiger partial charge is 0.441 e. The van der Waals surface area contributed by atoms with Crippen molar-refractivity contribution in [3.63, 3.8) is 0 Å². The lowest BCUT2D eigenvalue weighted by Crippen LogP contribution is -2.54. The maximum atomic E-state index is 11.4. The molecule has 0 spiro atoms. The van der Waals surface area contributed by atoms with Crippen LogP contribution in [0.4, 0.5) is 16.3 Å². The van der Waals surface area contributed by atoms with Crippen LogP contribution in [0.2, 0.25) is 0 Å². The number of nitrogen functional groups attached to an aromatic ring is 1. The number of anilines is 2. The van der Waals surface area contributed by atoms with Gasteiger partial charge in [0.05, 0.1) is 18.5 Å². The van der Waals surface area contributed by atoms with Gasteiger partial charge in [-0.1, -0.05) is 0 Å². The summed E-state index contributed by atoms with van der Waals surface area (Å²) in [6.07, 6.45) is 1.06. The fourth-order valence-corrected chi connectivity index (χ4v) is 2.24. The zero-order valence-electron chi connectivity index (χ0n) is 12.6. The molecule has 1 amide bonds. The van der Waals surface area contributed by atoms with E-state index in [1.807, 2.05) is 19.9 Å². The summed E-state index contributed by atoms with van der Waals surface area (Å²) in [6, 6.07) is 3.70. The van der Waals surface area contributed by atoms with Gasteiger partial charge >= 0.3 is 6.09 Å². The standard InChI is InChI=1S/C14H22N4O3/c1-14(2,21-13(19)16-3)11-9-18(6-7-20-11)10-4-5-12(15)17-8-10/h4-5,8,11H,6-7,9H2,1-3H3,(H2,15,17)(H,16,19). The Morgan fingerprint density at radius 1 is 1.57 bits per heavy atom. The Morgan fingerprint density at radius 2 is 2.33 bits per heavy atom. The molecular formula is C14H22N4O3. The number of nitrogens with two attached hydrogens (primary N) is 1. The summed E-state index contributed by atoms with van der Waals surface area (Å²) in [5.41, 5.74) is 5.86. The minimum atomic E-state index is -0.722. The molecule has 0 aliphatic carbocycles. The molecule has 0 saturated carbocycles. The molecule has 1 aliphatic heterocycles. The Bertz CT molecular complexity index is 489. The number of hydrogen-bond acceptors (Lipinski definition) is 6. The van der Waals surface area contributed by atoms with Gasteiger partial charge in [0.1, 0.15) is 17.5 Å². The SMILES string of the molecule is CNC(=O)OC(C)(C)C1CN(c2ccc(N)nc2)CCO1. The van der Waals surface area contributed by atoms with Crippen molar-refractivity contribution in [2.24, 2.45) is 0 Å². The summed E-state index contributed by atoms with van der Waals surface area (Å²) in [6.45, 7) is 5.64. The molecule has 0 radical (unpaired) electrons. The van der Waals surface area contributed by atoms with Gasteiger partial charge in [-0.05, 0) is 26.0 Å². The molecule has 1 atom stereocenters. The van der Waals surface area contributed by atoms with Crippen molar-refractivity contribution < 1.29 is 14.3 Å². The Kier molecular flexibility index (Phi) is 4.52. The molecule has 2 rings (SSSR count). The van der Waals surface area contributed by atoms with Crippen molar-refractivity contribution in [2.75, 3.05) is 37.4 Å². The van der Waals surface area contributed by atoms with Gasteiger partial charge in [-0.15, -0.1) is 0 Å². The molecule has 0 aromatic carbocycles. The molecule has 2 heterocycles. The lowest BCUT2D eigenvalue weighted by Gasteiger charge is -2.41. The highest BCUT2D eigenvalue weighted by Gasteiger charge is 2.37. The van der Waals surface area contributed by atoms with Gasteiger partial charge in [-0.3, -0.25) is 0 Å². The molecule has 116 valence electrons. The first-order chi connectivity index (χ1) is 9.92. The number of hydrogen-bond donors (Lipinski definition) is 2. The van der Waals surface area contributed by atoms with Crippen LogP contribution in [0.3, 0.4) is 0 Å². The molecular weight excluding hydrogens is 272 g/mol. The number of morpholine rings is 1. The fraction of sp³-hybridized carbons (Fsp3) is 0.571. The average Bonchev–Trinajstić information content (AvgIpc) is 2.47. The third kappa shape index (κ3) is 3.75. The Morgan fingerprint density at radius 3 is 2.95 bits per heavy atom. The molecule has 21 heavy (non-hydrogen) atoms. The third-order valence-electron chi connectivity index (χ3n) is 3.54. The summed E-state index contributed by atoms with van der Waals surface area (Å²) in [5.74, 6) is 0.492. The molecule has 1 aromatic rings. The van der Waals surface area contributed by atoms with Crippen molar-refractivity contribution in [1.82, 2.24) is 10.3 Å². The van der Waals surface area contributed by atoms with E-state index in [2.05, 4.69) is 15.2 Å². The van der Waals surface area contributed by atoms with Gasteiger partial charge in [-0.25, -0.2) is 9.78 Å². The second-order valence-corrected chi connectivity index (χ2v) is 5.49. The van der Waals surface area contributed by atoms with Crippen LogP contribution in [0.5, 0.6) is 0 Å². The van der Waals surface area contributed by atoms with Crippen molar-refractivity contribution in [1.29, 1.82) is 0 Å². The summed E-state index contributed by atoms with van der Waals surface area (Å²) in [4.78, 5) is 17.7.